The van der Waals surface area contributed by atoms with Crippen LogP contribution in [0, 0.1) is 6.92 Å². The second kappa shape index (κ2) is 12.7. The second-order valence-corrected chi connectivity index (χ2v) is 14.8. The number of likely N-dealkylation sites (tertiary alicyclic amines) is 2. The Morgan fingerprint density at radius 3 is 2.17 bits per heavy atom. The predicted octanol–water partition coefficient (Wildman–Crippen LogP) is 4.22. The van der Waals surface area contributed by atoms with Crippen LogP contribution in [-0.2, 0) is 28.3 Å². The highest BCUT2D eigenvalue weighted by Gasteiger charge is 2.33. The van der Waals surface area contributed by atoms with Crippen molar-refractivity contribution in [2.45, 2.75) is 90.6 Å². The number of aryl methyl sites for hydroxylation is 2. The van der Waals surface area contributed by atoms with Gasteiger partial charge in [-0.15, -0.1) is 0 Å². The number of rotatable bonds is 8. The smallest absolute Gasteiger partial charge is 0.272 e. The average molecular weight is 570 g/mol. The van der Waals surface area contributed by atoms with Crippen molar-refractivity contribution in [3.8, 4) is 0 Å². The van der Waals surface area contributed by atoms with E-state index in [0.717, 1.165) is 62.9 Å². The Morgan fingerprint density at radius 2 is 1.60 bits per heavy atom. The molecule has 2 aliphatic heterocycles. The Bertz CT molecular complexity index is 1260. The van der Waals surface area contributed by atoms with Crippen LogP contribution < -0.4 is 0 Å². The second-order valence-electron chi connectivity index (χ2n) is 12.4. The summed E-state index contributed by atoms with van der Waals surface area (Å²) in [4.78, 5) is 26.8. The van der Waals surface area contributed by atoms with E-state index in [-0.39, 0.29) is 23.1 Å². The summed E-state index contributed by atoms with van der Waals surface area (Å²) in [6, 6.07) is 9.32. The molecule has 2 saturated heterocycles. The summed E-state index contributed by atoms with van der Waals surface area (Å²) in [5, 5.41) is 0. The number of carbonyl (C=O) groups is 1. The van der Waals surface area contributed by atoms with E-state index in [9.17, 15) is 13.2 Å². The standard InChI is InChI=1S/C31H47N5O3S/c1-7-40(38,39)34(6)26-14-18-35(19-15-26)27-16-20-36(21-17-27)30(37)29-23(2)28(32-22-33-29)13-10-24-8-11-25(12-9-24)31(3,4)5/h8-9,11-12,22,26-27H,7,10,13-21H2,1-6H3. The Hall–Kier alpha value is -2.36. The molecule has 1 aromatic heterocycles. The predicted molar refractivity (Wildman–Crippen MR) is 160 cm³/mol. The van der Waals surface area contributed by atoms with Gasteiger partial charge in [-0.1, -0.05) is 45.0 Å². The summed E-state index contributed by atoms with van der Waals surface area (Å²) < 4.78 is 26.1. The molecule has 0 atom stereocenters. The number of aromatic nitrogens is 2. The van der Waals surface area contributed by atoms with Crippen molar-refractivity contribution in [2.75, 3.05) is 39.0 Å². The van der Waals surface area contributed by atoms with Crippen LogP contribution in [0.2, 0.25) is 0 Å². The SMILES string of the molecule is CCS(=O)(=O)N(C)C1CCN(C2CCN(C(=O)c3ncnc(CCc4ccc(C(C)(C)C)cc4)c3C)CC2)CC1. The highest BCUT2D eigenvalue weighted by Crippen LogP contribution is 2.26. The topological polar surface area (TPSA) is 86.7 Å². The first-order valence-corrected chi connectivity index (χ1v) is 16.4. The molecule has 2 aliphatic rings. The third kappa shape index (κ3) is 7.09. The number of sulfonamides is 1. The van der Waals surface area contributed by atoms with Crippen LogP contribution in [0.3, 0.4) is 0 Å². The Balaban J connectivity index is 1.29. The van der Waals surface area contributed by atoms with Crippen LogP contribution in [0.25, 0.3) is 0 Å². The maximum atomic E-state index is 13.5. The lowest BCUT2D eigenvalue weighted by Crippen LogP contribution is -2.52. The van der Waals surface area contributed by atoms with Gasteiger partial charge in [-0.25, -0.2) is 22.7 Å². The van der Waals surface area contributed by atoms with Gasteiger partial charge in [0.1, 0.15) is 12.0 Å². The summed E-state index contributed by atoms with van der Waals surface area (Å²) >= 11 is 0. The van der Waals surface area contributed by atoms with Gasteiger partial charge < -0.3 is 9.80 Å². The van der Waals surface area contributed by atoms with Gasteiger partial charge in [-0.05, 0) is 82.0 Å². The lowest BCUT2D eigenvalue weighted by molar-refractivity contribution is 0.0542. The van der Waals surface area contributed by atoms with Crippen LogP contribution in [-0.4, -0.2) is 89.5 Å². The van der Waals surface area contributed by atoms with E-state index < -0.39 is 10.0 Å². The molecule has 0 radical (unpaired) electrons. The Kier molecular flexibility index (Phi) is 9.68. The van der Waals surface area contributed by atoms with Crippen LogP contribution in [0.15, 0.2) is 30.6 Å². The Morgan fingerprint density at radius 1 is 0.975 bits per heavy atom. The third-order valence-corrected chi connectivity index (χ3v) is 10.9. The van der Waals surface area contributed by atoms with Gasteiger partial charge >= 0.3 is 0 Å². The number of benzene rings is 1. The molecule has 4 rings (SSSR count). The quantitative estimate of drug-likeness (QED) is 0.473. The van der Waals surface area contributed by atoms with Crippen LogP contribution >= 0.6 is 0 Å². The van der Waals surface area contributed by atoms with Crippen LogP contribution in [0.4, 0.5) is 0 Å². The zero-order valence-corrected chi connectivity index (χ0v) is 26.0. The molecule has 2 aromatic rings. The zero-order valence-electron chi connectivity index (χ0n) is 25.2. The maximum Gasteiger partial charge on any atom is 0.272 e. The minimum absolute atomic E-state index is 0.000708. The minimum Gasteiger partial charge on any atom is -0.337 e. The monoisotopic (exact) mass is 569 g/mol. The summed E-state index contributed by atoms with van der Waals surface area (Å²) in [5.74, 6) is 0.147. The normalized spacial score (nSPS) is 18.4. The van der Waals surface area contributed by atoms with Gasteiger partial charge in [0, 0.05) is 43.5 Å². The van der Waals surface area contributed by atoms with Gasteiger partial charge in [0.25, 0.3) is 5.91 Å². The van der Waals surface area contributed by atoms with Gasteiger partial charge in [0.05, 0.1) is 5.75 Å². The van der Waals surface area contributed by atoms with E-state index in [1.807, 2.05) is 11.8 Å². The van der Waals surface area contributed by atoms with Crippen molar-refractivity contribution < 1.29 is 13.2 Å². The van der Waals surface area contributed by atoms with Crippen LogP contribution in [0.5, 0.6) is 0 Å². The van der Waals surface area contributed by atoms with E-state index in [1.165, 1.54) is 17.5 Å². The molecule has 1 amide bonds. The number of hydrogen-bond acceptors (Lipinski definition) is 6. The maximum absolute atomic E-state index is 13.5. The lowest BCUT2D eigenvalue weighted by atomic mass is 9.86. The average Bonchev–Trinajstić information content (AvgIpc) is 2.96. The number of piperidine rings is 2. The number of carbonyl (C=O) groups excluding carboxylic acids is 1. The number of amides is 1. The highest BCUT2D eigenvalue weighted by atomic mass is 32.2. The molecule has 8 nitrogen and oxygen atoms in total. The summed E-state index contributed by atoms with van der Waals surface area (Å²) in [6.07, 6.45) is 6.76. The van der Waals surface area contributed by atoms with Crippen LogP contribution in [0.1, 0.15) is 86.3 Å². The minimum atomic E-state index is -3.15. The lowest BCUT2D eigenvalue weighted by Gasteiger charge is -2.43. The molecular formula is C31H47N5O3S. The highest BCUT2D eigenvalue weighted by molar-refractivity contribution is 7.89. The fraction of sp³-hybridized carbons (Fsp3) is 0.645. The molecule has 9 heteroatoms. The first kappa shape index (κ1) is 30.6. The zero-order chi connectivity index (χ0) is 29.1. The summed E-state index contributed by atoms with van der Waals surface area (Å²) in [5.41, 5.74) is 5.07. The van der Waals surface area contributed by atoms with E-state index in [2.05, 4.69) is 59.9 Å². The molecule has 0 aliphatic carbocycles. The molecule has 220 valence electrons. The van der Waals surface area contributed by atoms with Gasteiger partial charge in [-0.3, -0.25) is 4.79 Å². The molecule has 0 saturated carbocycles. The molecule has 0 N–H and O–H groups in total. The van der Waals surface area contributed by atoms with Crippen molar-refractivity contribution >= 4 is 15.9 Å². The fourth-order valence-corrected chi connectivity index (χ4v) is 7.09. The third-order valence-electron chi connectivity index (χ3n) is 8.95. The molecule has 0 spiro atoms. The van der Waals surface area contributed by atoms with Gasteiger partial charge in [0.2, 0.25) is 10.0 Å². The first-order chi connectivity index (χ1) is 18.9. The molecule has 0 bridgehead atoms. The first-order valence-electron chi connectivity index (χ1n) is 14.8. The fourth-order valence-electron chi connectivity index (χ4n) is 6.02. The number of hydrogen-bond donors (Lipinski definition) is 0. The Labute approximate surface area is 241 Å². The van der Waals surface area contributed by atoms with Crippen molar-refractivity contribution in [1.29, 1.82) is 0 Å². The summed E-state index contributed by atoms with van der Waals surface area (Å²) in [7, 11) is -1.44. The molecule has 3 heterocycles. The molecule has 40 heavy (non-hydrogen) atoms. The largest absolute Gasteiger partial charge is 0.337 e. The van der Waals surface area contributed by atoms with Crippen molar-refractivity contribution in [3.63, 3.8) is 0 Å². The molecule has 2 fully saturated rings. The molecule has 0 unspecified atom stereocenters. The number of nitrogens with zero attached hydrogens (tertiary/aromatic N) is 5. The van der Waals surface area contributed by atoms with E-state index >= 15 is 0 Å². The summed E-state index contributed by atoms with van der Waals surface area (Å²) in [6.45, 7) is 13.6. The van der Waals surface area contributed by atoms with Crippen molar-refractivity contribution in [3.05, 3.63) is 58.7 Å². The molecular weight excluding hydrogens is 522 g/mol. The van der Waals surface area contributed by atoms with Crippen molar-refractivity contribution in [1.82, 2.24) is 24.1 Å². The van der Waals surface area contributed by atoms with Gasteiger partial charge in [-0.2, -0.15) is 0 Å². The van der Waals surface area contributed by atoms with E-state index in [1.54, 1.807) is 18.3 Å². The van der Waals surface area contributed by atoms with E-state index in [4.69, 9.17) is 0 Å². The van der Waals surface area contributed by atoms with Crippen molar-refractivity contribution in [2.24, 2.45) is 0 Å². The van der Waals surface area contributed by atoms with E-state index in [0.29, 0.717) is 24.8 Å². The van der Waals surface area contributed by atoms with Gasteiger partial charge in [0.15, 0.2) is 0 Å². The molecule has 1 aromatic carbocycles.